The average Bonchev–Trinajstić information content (AvgIpc) is 3.15. The standard InChI is InChI=1S/C20H23ClN4O2/c1-12-19(21)13(2)25(23-12)10-9-22-20(27)14(3)24-11-17(15(4)26)16-7-5-6-8-18(16)24/h5-8,11,14H,9-10H2,1-4H3,(H,22,27)/t14-/m1/s1. The largest absolute Gasteiger partial charge is 0.352 e. The van der Waals surface area contributed by atoms with Crippen LogP contribution in [-0.4, -0.2) is 32.6 Å². The van der Waals surface area contributed by atoms with Crippen molar-refractivity contribution in [3.63, 3.8) is 0 Å². The molecule has 0 aliphatic heterocycles. The summed E-state index contributed by atoms with van der Waals surface area (Å²) in [7, 11) is 0. The number of hydrogen-bond acceptors (Lipinski definition) is 3. The van der Waals surface area contributed by atoms with E-state index in [4.69, 9.17) is 11.6 Å². The summed E-state index contributed by atoms with van der Waals surface area (Å²) in [5, 5.41) is 8.82. The Balaban J connectivity index is 1.73. The van der Waals surface area contributed by atoms with Gasteiger partial charge in [-0.05, 0) is 33.8 Å². The van der Waals surface area contributed by atoms with Crippen LogP contribution in [0.15, 0.2) is 30.5 Å². The number of ketones is 1. The van der Waals surface area contributed by atoms with E-state index in [9.17, 15) is 9.59 Å². The van der Waals surface area contributed by atoms with Crippen molar-refractivity contribution in [3.8, 4) is 0 Å². The molecule has 7 heteroatoms. The first-order valence-electron chi connectivity index (χ1n) is 8.89. The number of benzene rings is 1. The minimum absolute atomic E-state index is 0.0148. The van der Waals surface area contributed by atoms with Crippen LogP contribution in [0.2, 0.25) is 5.02 Å². The van der Waals surface area contributed by atoms with Gasteiger partial charge >= 0.3 is 0 Å². The Morgan fingerprint density at radius 3 is 2.59 bits per heavy atom. The van der Waals surface area contributed by atoms with Gasteiger partial charge in [-0.3, -0.25) is 14.3 Å². The van der Waals surface area contributed by atoms with Crippen molar-refractivity contribution >= 4 is 34.2 Å². The highest BCUT2D eigenvalue weighted by molar-refractivity contribution is 6.31. The van der Waals surface area contributed by atoms with Gasteiger partial charge in [0, 0.05) is 29.2 Å². The Labute approximate surface area is 163 Å². The van der Waals surface area contributed by atoms with Crippen molar-refractivity contribution < 1.29 is 9.59 Å². The maximum absolute atomic E-state index is 12.6. The number of nitrogens with zero attached hydrogens (tertiary/aromatic N) is 3. The number of rotatable bonds is 6. The SMILES string of the molecule is CC(=O)c1cn([C@H](C)C(=O)NCCn2nc(C)c(Cl)c2C)c2ccccc12. The molecule has 0 spiro atoms. The van der Waals surface area contributed by atoms with Gasteiger partial charge < -0.3 is 9.88 Å². The van der Waals surface area contributed by atoms with Crippen LogP contribution in [0, 0.1) is 13.8 Å². The number of fused-ring (bicyclic) bond motifs is 1. The number of nitrogens with one attached hydrogen (secondary N) is 1. The lowest BCUT2D eigenvalue weighted by Crippen LogP contribution is -2.33. The van der Waals surface area contributed by atoms with Crippen LogP contribution in [0.3, 0.4) is 0 Å². The van der Waals surface area contributed by atoms with E-state index >= 15 is 0 Å². The van der Waals surface area contributed by atoms with Crippen molar-refractivity contribution in [1.29, 1.82) is 0 Å². The molecule has 3 rings (SSSR count). The number of carbonyl (C=O) groups is 2. The molecule has 3 aromatic rings. The van der Waals surface area contributed by atoms with Gasteiger partial charge in [-0.15, -0.1) is 0 Å². The van der Waals surface area contributed by atoms with Crippen LogP contribution >= 0.6 is 11.6 Å². The van der Waals surface area contributed by atoms with Crippen LogP contribution in [0.1, 0.15) is 41.6 Å². The Hall–Kier alpha value is -2.60. The van der Waals surface area contributed by atoms with Crippen LogP contribution in [-0.2, 0) is 11.3 Å². The lowest BCUT2D eigenvalue weighted by atomic mass is 10.1. The quantitative estimate of drug-likeness (QED) is 0.657. The third kappa shape index (κ3) is 3.62. The number of carbonyl (C=O) groups excluding carboxylic acids is 2. The highest BCUT2D eigenvalue weighted by atomic mass is 35.5. The number of hydrogen-bond donors (Lipinski definition) is 1. The van der Waals surface area contributed by atoms with E-state index in [-0.39, 0.29) is 11.7 Å². The second kappa shape index (κ2) is 7.56. The predicted octanol–water partition coefficient (Wildman–Crippen LogP) is 3.69. The van der Waals surface area contributed by atoms with Gasteiger partial charge in [0.05, 0.1) is 23.0 Å². The number of aromatic nitrogens is 3. The topological polar surface area (TPSA) is 68.9 Å². The van der Waals surface area contributed by atoms with E-state index < -0.39 is 6.04 Å². The normalized spacial score (nSPS) is 12.3. The molecule has 0 aliphatic rings. The Bertz CT molecular complexity index is 1020. The molecular weight excluding hydrogens is 364 g/mol. The molecule has 0 bridgehead atoms. The average molecular weight is 387 g/mol. The van der Waals surface area contributed by atoms with Crippen LogP contribution in [0.4, 0.5) is 0 Å². The van der Waals surface area contributed by atoms with E-state index in [1.165, 1.54) is 6.92 Å². The van der Waals surface area contributed by atoms with Gasteiger partial charge in [-0.1, -0.05) is 29.8 Å². The van der Waals surface area contributed by atoms with E-state index in [0.29, 0.717) is 23.7 Å². The number of para-hydroxylation sites is 1. The molecule has 6 nitrogen and oxygen atoms in total. The van der Waals surface area contributed by atoms with Gasteiger partial charge in [0.1, 0.15) is 6.04 Å². The Morgan fingerprint density at radius 2 is 1.96 bits per heavy atom. The van der Waals surface area contributed by atoms with E-state index in [1.807, 2.05) is 49.6 Å². The van der Waals surface area contributed by atoms with Gasteiger partial charge in [-0.25, -0.2) is 0 Å². The second-order valence-corrected chi connectivity index (χ2v) is 7.08. The van der Waals surface area contributed by atoms with E-state index in [0.717, 1.165) is 22.3 Å². The molecule has 1 aromatic carbocycles. The first-order valence-corrected chi connectivity index (χ1v) is 9.26. The summed E-state index contributed by atoms with van der Waals surface area (Å²) >= 11 is 6.15. The van der Waals surface area contributed by atoms with E-state index in [2.05, 4.69) is 10.4 Å². The first-order chi connectivity index (χ1) is 12.8. The minimum Gasteiger partial charge on any atom is -0.352 e. The van der Waals surface area contributed by atoms with Crippen molar-refractivity contribution in [2.75, 3.05) is 6.54 Å². The molecule has 0 fully saturated rings. The number of amides is 1. The first kappa shape index (κ1) is 19.2. The zero-order chi connectivity index (χ0) is 19.7. The molecule has 2 aromatic heterocycles. The minimum atomic E-state index is -0.438. The second-order valence-electron chi connectivity index (χ2n) is 6.70. The molecule has 27 heavy (non-hydrogen) atoms. The van der Waals surface area contributed by atoms with E-state index in [1.54, 1.807) is 10.9 Å². The van der Waals surface area contributed by atoms with Crippen LogP contribution < -0.4 is 5.32 Å². The summed E-state index contributed by atoms with van der Waals surface area (Å²) in [6.45, 7) is 8.11. The summed E-state index contributed by atoms with van der Waals surface area (Å²) in [6.07, 6.45) is 1.76. The fourth-order valence-corrected chi connectivity index (χ4v) is 3.39. The van der Waals surface area contributed by atoms with Crippen LogP contribution in [0.25, 0.3) is 10.9 Å². The fraction of sp³-hybridized carbons (Fsp3) is 0.350. The molecule has 0 radical (unpaired) electrons. The molecule has 0 saturated heterocycles. The Kier molecular flexibility index (Phi) is 5.37. The summed E-state index contributed by atoms with van der Waals surface area (Å²) < 4.78 is 3.64. The monoisotopic (exact) mass is 386 g/mol. The highest BCUT2D eigenvalue weighted by Crippen LogP contribution is 2.25. The zero-order valence-electron chi connectivity index (χ0n) is 15.9. The van der Waals surface area contributed by atoms with Gasteiger partial charge in [0.25, 0.3) is 0 Å². The molecule has 142 valence electrons. The molecular formula is C20H23ClN4O2. The van der Waals surface area contributed by atoms with Gasteiger partial charge in [0.2, 0.25) is 5.91 Å². The van der Waals surface area contributed by atoms with Crippen molar-refractivity contribution in [3.05, 3.63) is 52.4 Å². The molecule has 0 aliphatic carbocycles. The Morgan fingerprint density at radius 1 is 1.26 bits per heavy atom. The van der Waals surface area contributed by atoms with Crippen molar-refractivity contribution in [1.82, 2.24) is 19.7 Å². The number of Topliss-reactive ketones (excluding diaryl/α,β-unsaturated/α-hetero) is 1. The third-order valence-electron chi connectivity index (χ3n) is 4.83. The van der Waals surface area contributed by atoms with Crippen LogP contribution in [0.5, 0.6) is 0 Å². The lowest BCUT2D eigenvalue weighted by Gasteiger charge is -2.15. The van der Waals surface area contributed by atoms with Gasteiger partial charge in [-0.2, -0.15) is 5.10 Å². The smallest absolute Gasteiger partial charge is 0.242 e. The molecule has 2 heterocycles. The predicted molar refractivity (Wildman–Crippen MR) is 106 cm³/mol. The molecule has 1 N–H and O–H groups in total. The molecule has 0 saturated carbocycles. The summed E-state index contributed by atoms with van der Waals surface area (Å²) in [5.41, 5.74) is 3.17. The maximum atomic E-state index is 12.6. The molecule has 1 atom stereocenters. The number of halogens is 1. The highest BCUT2D eigenvalue weighted by Gasteiger charge is 2.20. The third-order valence-corrected chi connectivity index (χ3v) is 5.38. The van der Waals surface area contributed by atoms with Crippen molar-refractivity contribution in [2.45, 2.75) is 40.3 Å². The zero-order valence-corrected chi connectivity index (χ0v) is 16.7. The van der Waals surface area contributed by atoms with Crippen molar-refractivity contribution in [2.24, 2.45) is 0 Å². The summed E-state index contributed by atoms with van der Waals surface area (Å²) in [5.74, 6) is -0.127. The lowest BCUT2D eigenvalue weighted by molar-refractivity contribution is -0.123. The molecule has 1 amide bonds. The number of aryl methyl sites for hydroxylation is 1. The summed E-state index contributed by atoms with van der Waals surface area (Å²) in [4.78, 5) is 24.6. The fourth-order valence-electron chi connectivity index (χ4n) is 3.26. The maximum Gasteiger partial charge on any atom is 0.242 e. The molecule has 0 unspecified atom stereocenters. The van der Waals surface area contributed by atoms with Gasteiger partial charge in [0.15, 0.2) is 5.78 Å². The summed E-state index contributed by atoms with van der Waals surface area (Å²) in [6, 6.07) is 7.18.